The van der Waals surface area contributed by atoms with Gasteiger partial charge in [0.05, 0.1) is 0 Å². The minimum Gasteiger partial charge on any atom is -0.314 e. The standard InChI is InChI=1S/C12H24N2S/c1-9-4-5-10(2)14(8-9)11-6-13-7-12(11)15-3/h9-13H,4-8H2,1-3H3. The maximum atomic E-state index is 3.54. The Morgan fingerprint density at radius 2 is 2.00 bits per heavy atom. The predicted octanol–water partition coefficient (Wildman–Crippen LogP) is 1.81. The van der Waals surface area contributed by atoms with E-state index in [1.165, 1.54) is 32.5 Å². The SMILES string of the molecule is CSC1CNCC1N1CC(C)CCC1C. The summed E-state index contributed by atoms with van der Waals surface area (Å²) in [6.45, 7) is 8.51. The van der Waals surface area contributed by atoms with E-state index in [9.17, 15) is 0 Å². The second-order valence-electron chi connectivity index (χ2n) is 5.23. The van der Waals surface area contributed by atoms with Gasteiger partial charge in [-0.05, 0) is 31.9 Å². The van der Waals surface area contributed by atoms with Crippen molar-refractivity contribution < 1.29 is 0 Å². The minimum atomic E-state index is 0.776. The van der Waals surface area contributed by atoms with E-state index < -0.39 is 0 Å². The average Bonchev–Trinajstić information content (AvgIpc) is 2.69. The topological polar surface area (TPSA) is 15.3 Å². The van der Waals surface area contributed by atoms with Gasteiger partial charge in [-0.2, -0.15) is 11.8 Å². The number of likely N-dealkylation sites (tertiary alicyclic amines) is 1. The fourth-order valence-corrected chi connectivity index (χ4v) is 3.85. The monoisotopic (exact) mass is 228 g/mol. The van der Waals surface area contributed by atoms with Crippen LogP contribution in [0.5, 0.6) is 0 Å². The zero-order valence-corrected chi connectivity index (χ0v) is 11.0. The molecule has 15 heavy (non-hydrogen) atoms. The molecule has 0 radical (unpaired) electrons. The Morgan fingerprint density at radius 1 is 1.20 bits per heavy atom. The molecule has 1 N–H and O–H groups in total. The molecule has 0 amide bonds. The third-order valence-corrected chi connectivity index (χ3v) is 5.11. The van der Waals surface area contributed by atoms with Crippen LogP contribution < -0.4 is 5.32 Å². The molecule has 0 aliphatic carbocycles. The minimum absolute atomic E-state index is 0.776. The lowest BCUT2D eigenvalue weighted by atomic mass is 9.93. The van der Waals surface area contributed by atoms with E-state index in [1.807, 2.05) is 11.8 Å². The van der Waals surface area contributed by atoms with Gasteiger partial charge in [0.1, 0.15) is 0 Å². The number of hydrogen-bond acceptors (Lipinski definition) is 3. The van der Waals surface area contributed by atoms with Crippen molar-refractivity contribution in [3.05, 3.63) is 0 Å². The van der Waals surface area contributed by atoms with E-state index >= 15 is 0 Å². The first-order valence-electron chi connectivity index (χ1n) is 6.21. The highest BCUT2D eigenvalue weighted by atomic mass is 32.2. The fraction of sp³-hybridized carbons (Fsp3) is 1.00. The molecule has 2 heterocycles. The molecule has 2 rings (SSSR count). The highest BCUT2D eigenvalue weighted by molar-refractivity contribution is 7.99. The number of nitrogens with one attached hydrogen (secondary N) is 1. The van der Waals surface area contributed by atoms with Crippen molar-refractivity contribution in [2.75, 3.05) is 25.9 Å². The molecule has 88 valence electrons. The quantitative estimate of drug-likeness (QED) is 0.776. The molecule has 2 saturated heterocycles. The molecule has 2 aliphatic rings. The normalized spacial score (nSPS) is 43.4. The molecule has 0 spiro atoms. The van der Waals surface area contributed by atoms with Crippen LogP contribution in [0.25, 0.3) is 0 Å². The molecule has 3 heteroatoms. The largest absolute Gasteiger partial charge is 0.314 e. The summed E-state index contributed by atoms with van der Waals surface area (Å²) >= 11 is 2.03. The molecular formula is C12H24N2S. The summed E-state index contributed by atoms with van der Waals surface area (Å²) in [5, 5.41) is 4.35. The van der Waals surface area contributed by atoms with E-state index in [1.54, 1.807) is 0 Å². The highest BCUT2D eigenvalue weighted by Gasteiger charge is 2.36. The lowest BCUT2D eigenvalue weighted by Crippen LogP contribution is -2.51. The molecule has 2 fully saturated rings. The Labute approximate surface area is 98.2 Å². The van der Waals surface area contributed by atoms with Crippen LogP contribution in [0.1, 0.15) is 26.7 Å². The fourth-order valence-electron chi connectivity index (χ4n) is 3.00. The molecular weight excluding hydrogens is 204 g/mol. The van der Waals surface area contributed by atoms with Crippen molar-refractivity contribution in [1.29, 1.82) is 0 Å². The van der Waals surface area contributed by atoms with Crippen LogP contribution >= 0.6 is 11.8 Å². The summed E-state index contributed by atoms with van der Waals surface area (Å²) in [4.78, 5) is 2.76. The number of nitrogens with zero attached hydrogens (tertiary/aromatic N) is 1. The summed E-state index contributed by atoms with van der Waals surface area (Å²) in [7, 11) is 0. The van der Waals surface area contributed by atoms with Crippen LogP contribution in [0.2, 0.25) is 0 Å². The van der Waals surface area contributed by atoms with Crippen LogP contribution in [0.15, 0.2) is 0 Å². The first-order chi connectivity index (χ1) is 7.22. The number of piperidine rings is 1. The van der Waals surface area contributed by atoms with Crippen LogP contribution in [-0.4, -0.2) is 48.1 Å². The van der Waals surface area contributed by atoms with Crippen molar-refractivity contribution in [3.63, 3.8) is 0 Å². The van der Waals surface area contributed by atoms with Gasteiger partial charge < -0.3 is 5.32 Å². The summed E-state index contributed by atoms with van der Waals surface area (Å²) < 4.78 is 0. The van der Waals surface area contributed by atoms with Crippen molar-refractivity contribution in [2.24, 2.45) is 5.92 Å². The number of rotatable bonds is 2. The van der Waals surface area contributed by atoms with Crippen molar-refractivity contribution >= 4 is 11.8 Å². The lowest BCUT2D eigenvalue weighted by molar-refractivity contribution is 0.0871. The summed E-state index contributed by atoms with van der Waals surface area (Å²) in [5.74, 6) is 0.893. The van der Waals surface area contributed by atoms with Crippen molar-refractivity contribution in [1.82, 2.24) is 10.2 Å². The molecule has 2 nitrogen and oxygen atoms in total. The van der Waals surface area contributed by atoms with Gasteiger partial charge in [-0.1, -0.05) is 6.92 Å². The van der Waals surface area contributed by atoms with E-state index in [2.05, 4.69) is 30.3 Å². The molecule has 0 aromatic carbocycles. The molecule has 0 aromatic heterocycles. The average molecular weight is 228 g/mol. The zero-order valence-electron chi connectivity index (χ0n) is 10.2. The maximum Gasteiger partial charge on any atom is 0.0354 e. The molecule has 0 bridgehead atoms. The Bertz CT molecular complexity index is 210. The molecule has 0 saturated carbocycles. The Hall–Kier alpha value is 0.270. The number of hydrogen-bond donors (Lipinski definition) is 1. The van der Waals surface area contributed by atoms with E-state index in [4.69, 9.17) is 0 Å². The van der Waals surface area contributed by atoms with Gasteiger partial charge in [0.15, 0.2) is 0 Å². The van der Waals surface area contributed by atoms with Gasteiger partial charge in [0, 0.05) is 37.0 Å². The summed E-state index contributed by atoms with van der Waals surface area (Å²) in [6.07, 6.45) is 5.06. The first kappa shape index (κ1) is 11.7. The van der Waals surface area contributed by atoms with Crippen molar-refractivity contribution in [3.8, 4) is 0 Å². The second-order valence-corrected chi connectivity index (χ2v) is 6.30. The van der Waals surface area contributed by atoms with Crippen LogP contribution in [0.4, 0.5) is 0 Å². The smallest absolute Gasteiger partial charge is 0.0354 e. The third-order valence-electron chi connectivity index (χ3n) is 4.02. The van der Waals surface area contributed by atoms with Gasteiger partial charge in [0.25, 0.3) is 0 Å². The van der Waals surface area contributed by atoms with E-state index in [0.717, 1.165) is 23.3 Å². The second kappa shape index (κ2) is 5.07. The van der Waals surface area contributed by atoms with Crippen LogP contribution in [0.3, 0.4) is 0 Å². The van der Waals surface area contributed by atoms with Gasteiger partial charge in [-0.25, -0.2) is 0 Å². The predicted molar refractivity (Wildman–Crippen MR) is 68.5 cm³/mol. The van der Waals surface area contributed by atoms with Crippen molar-refractivity contribution in [2.45, 2.75) is 44.0 Å². The third kappa shape index (κ3) is 2.51. The summed E-state index contributed by atoms with van der Waals surface area (Å²) in [6, 6.07) is 1.57. The number of thioether (sulfide) groups is 1. The van der Waals surface area contributed by atoms with Gasteiger partial charge in [-0.3, -0.25) is 4.90 Å². The Morgan fingerprint density at radius 3 is 2.73 bits per heavy atom. The van der Waals surface area contributed by atoms with Gasteiger partial charge in [-0.15, -0.1) is 0 Å². The van der Waals surface area contributed by atoms with Gasteiger partial charge in [0.2, 0.25) is 0 Å². The Kier molecular flexibility index (Phi) is 3.97. The highest BCUT2D eigenvalue weighted by Crippen LogP contribution is 2.28. The molecule has 0 aromatic rings. The zero-order chi connectivity index (χ0) is 10.8. The lowest BCUT2D eigenvalue weighted by Gasteiger charge is -2.42. The molecule has 4 atom stereocenters. The molecule has 2 aliphatic heterocycles. The van der Waals surface area contributed by atoms with Gasteiger partial charge >= 0.3 is 0 Å². The van der Waals surface area contributed by atoms with Crippen LogP contribution in [-0.2, 0) is 0 Å². The van der Waals surface area contributed by atoms with E-state index in [0.29, 0.717) is 0 Å². The molecule has 4 unspecified atom stereocenters. The van der Waals surface area contributed by atoms with Crippen LogP contribution in [0, 0.1) is 5.92 Å². The maximum absolute atomic E-state index is 3.54. The van der Waals surface area contributed by atoms with E-state index in [-0.39, 0.29) is 0 Å². The first-order valence-corrected chi connectivity index (χ1v) is 7.50. The summed E-state index contributed by atoms with van der Waals surface area (Å²) in [5.41, 5.74) is 0. The Balaban J connectivity index is 2.00.